The highest BCUT2D eigenvalue weighted by Crippen LogP contribution is 2.38. The van der Waals surface area contributed by atoms with E-state index in [4.69, 9.17) is 10.5 Å². The van der Waals surface area contributed by atoms with E-state index >= 15 is 0 Å². The molecule has 0 bridgehead atoms. The molecule has 0 unspecified atom stereocenters. The molecule has 2 rings (SSSR count). The van der Waals surface area contributed by atoms with Crippen LogP contribution in [0.5, 0.6) is 0 Å². The molecule has 0 spiro atoms. The highest BCUT2D eigenvalue weighted by molar-refractivity contribution is 5.83. The van der Waals surface area contributed by atoms with Gasteiger partial charge in [0.15, 0.2) is 5.54 Å². The van der Waals surface area contributed by atoms with Gasteiger partial charge in [0.25, 0.3) is 6.43 Å². The Hall–Kier alpha value is -1.30. The van der Waals surface area contributed by atoms with E-state index in [1.807, 2.05) is 0 Å². The van der Waals surface area contributed by atoms with E-state index < -0.39 is 17.8 Å². The van der Waals surface area contributed by atoms with Crippen LogP contribution in [0, 0.1) is 0 Å². The van der Waals surface area contributed by atoms with Crippen molar-refractivity contribution in [2.24, 2.45) is 10.7 Å². The zero-order chi connectivity index (χ0) is 12.5. The van der Waals surface area contributed by atoms with Gasteiger partial charge in [-0.3, -0.25) is 4.99 Å². The number of allylic oxidation sites excluding steroid dienone is 2. The largest absolute Gasteiger partial charge is 0.385 e. The van der Waals surface area contributed by atoms with E-state index in [0.717, 1.165) is 0 Å². The highest BCUT2D eigenvalue weighted by Gasteiger charge is 2.47. The van der Waals surface area contributed by atoms with Gasteiger partial charge in [0.1, 0.15) is 18.3 Å². The maximum absolute atomic E-state index is 13.7. The first-order valence-corrected chi connectivity index (χ1v) is 5.33. The zero-order valence-electron chi connectivity index (χ0n) is 9.13. The first-order chi connectivity index (χ1) is 8.06. The van der Waals surface area contributed by atoms with Crippen LogP contribution in [0.25, 0.3) is 0 Å². The summed E-state index contributed by atoms with van der Waals surface area (Å²) in [4.78, 5) is 3.76. The molecule has 6 heteroatoms. The molecule has 0 aromatic heterocycles. The smallest absolute Gasteiger partial charge is 0.269 e. The Morgan fingerprint density at radius 1 is 1.35 bits per heavy atom. The Kier molecular flexibility index (Phi) is 3.24. The van der Waals surface area contributed by atoms with Crippen LogP contribution in [0.1, 0.15) is 12.8 Å². The molecule has 1 aliphatic heterocycles. The third-order valence-electron chi connectivity index (χ3n) is 2.84. The molecule has 2 N–H and O–H groups in total. The number of aliphatic imine (C=N–C) groups is 1. The lowest BCUT2D eigenvalue weighted by Gasteiger charge is -2.35. The fourth-order valence-electron chi connectivity index (χ4n) is 2.03. The molecule has 17 heavy (non-hydrogen) atoms. The molecule has 0 aromatic rings. The molecule has 0 saturated heterocycles. The summed E-state index contributed by atoms with van der Waals surface area (Å²) in [6.07, 6.45) is 0.915. The number of ether oxygens (including phenoxy) is 1. The van der Waals surface area contributed by atoms with Gasteiger partial charge >= 0.3 is 0 Å². The minimum Gasteiger partial charge on any atom is -0.385 e. The van der Waals surface area contributed by atoms with Crippen molar-refractivity contribution >= 4 is 5.84 Å². The molecule has 0 saturated carbocycles. The summed E-state index contributed by atoms with van der Waals surface area (Å²) in [6.45, 7) is -0.342. The molecule has 1 atom stereocenters. The van der Waals surface area contributed by atoms with E-state index in [9.17, 15) is 13.2 Å². The molecule has 0 aromatic carbocycles. The Labute approximate surface area is 96.8 Å². The van der Waals surface area contributed by atoms with E-state index in [-0.39, 0.29) is 24.6 Å². The highest BCUT2D eigenvalue weighted by atomic mass is 19.3. The van der Waals surface area contributed by atoms with Crippen LogP contribution >= 0.6 is 0 Å². The minimum absolute atomic E-state index is 0.00703. The van der Waals surface area contributed by atoms with Gasteiger partial charge in [0.2, 0.25) is 0 Å². The molecule has 94 valence electrons. The number of amidine groups is 1. The maximum atomic E-state index is 13.7. The monoisotopic (exact) mass is 246 g/mol. The summed E-state index contributed by atoms with van der Waals surface area (Å²) in [7, 11) is 0. The first kappa shape index (κ1) is 12.2. The normalized spacial score (nSPS) is 29.8. The second-order valence-electron chi connectivity index (χ2n) is 4.07. The number of hydrogen-bond acceptors (Lipinski definition) is 3. The van der Waals surface area contributed by atoms with Gasteiger partial charge in [-0.1, -0.05) is 6.08 Å². The van der Waals surface area contributed by atoms with Gasteiger partial charge in [-0.15, -0.1) is 0 Å². The molecular formula is C11H13F3N2O. The van der Waals surface area contributed by atoms with Crippen LogP contribution in [-0.2, 0) is 4.74 Å². The van der Waals surface area contributed by atoms with Gasteiger partial charge in [0.05, 0.1) is 6.61 Å². The molecule has 3 nitrogen and oxygen atoms in total. The quantitative estimate of drug-likeness (QED) is 0.809. The molecule has 0 radical (unpaired) electrons. The van der Waals surface area contributed by atoms with Crippen LogP contribution in [-0.4, -0.2) is 31.0 Å². The van der Waals surface area contributed by atoms with E-state index in [1.165, 1.54) is 12.2 Å². The van der Waals surface area contributed by atoms with Crippen molar-refractivity contribution in [3.8, 4) is 0 Å². The van der Waals surface area contributed by atoms with Gasteiger partial charge in [-0.25, -0.2) is 13.2 Å². The van der Waals surface area contributed by atoms with Crippen molar-refractivity contribution < 1.29 is 17.9 Å². The Balaban J connectivity index is 2.45. The lowest BCUT2D eigenvalue weighted by Crippen LogP contribution is -2.49. The number of rotatable bonds is 2. The third kappa shape index (κ3) is 2.09. The molecule has 1 aliphatic carbocycles. The summed E-state index contributed by atoms with van der Waals surface area (Å²) in [6, 6.07) is 0. The second kappa shape index (κ2) is 4.52. The van der Waals surface area contributed by atoms with E-state index in [2.05, 4.69) is 4.99 Å². The molecule has 0 amide bonds. The summed E-state index contributed by atoms with van der Waals surface area (Å²) < 4.78 is 45.1. The van der Waals surface area contributed by atoms with Crippen LogP contribution in [0.3, 0.4) is 0 Å². The van der Waals surface area contributed by atoms with Crippen molar-refractivity contribution in [1.82, 2.24) is 0 Å². The van der Waals surface area contributed by atoms with Crippen LogP contribution < -0.4 is 5.73 Å². The predicted octanol–water partition coefficient (Wildman–Crippen LogP) is 1.95. The SMILES string of the molecule is NC1=N[C@@](C2=CCCC=C2F)(C(F)F)COC1. The summed E-state index contributed by atoms with van der Waals surface area (Å²) in [5.74, 6) is -0.686. The van der Waals surface area contributed by atoms with Gasteiger partial charge < -0.3 is 10.5 Å². The fraction of sp³-hybridized carbons (Fsp3) is 0.545. The van der Waals surface area contributed by atoms with E-state index in [0.29, 0.717) is 12.8 Å². The Bertz CT molecular complexity index is 404. The number of hydrogen-bond donors (Lipinski definition) is 1. The van der Waals surface area contributed by atoms with Gasteiger partial charge in [0, 0.05) is 5.57 Å². The van der Waals surface area contributed by atoms with Crippen LogP contribution in [0.4, 0.5) is 13.2 Å². The predicted molar refractivity (Wildman–Crippen MR) is 57.7 cm³/mol. The number of halogens is 3. The van der Waals surface area contributed by atoms with Crippen molar-refractivity contribution in [2.45, 2.75) is 24.8 Å². The Morgan fingerprint density at radius 2 is 2.06 bits per heavy atom. The lowest BCUT2D eigenvalue weighted by atomic mass is 9.86. The average molecular weight is 246 g/mol. The van der Waals surface area contributed by atoms with Crippen molar-refractivity contribution in [2.75, 3.05) is 13.2 Å². The van der Waals surface area contributed by atoms with Crippen molar-refractivity contribution in [3.63, 3.8) is 0 Å². The molecule has 0 fully saturated rings. The standard InChI is InChI=1S/C11H13F3N2O/c12-8-4-2-1-3-7(8)11(10(13)14)6-17-5-9(15)16-11/h3-4,10H,1-2,5-6H2,(H2,15,16)/t11-/m0/s1. The summed E-state index contributed by atoms with van der Waals surface area (Å²) in [5, 5.41) is 0. The third-order valence-corrected chi connectivity index (χ3v) is 2.84. The minimum atomic E-state index is -2.86. The molecular weight excluding hydrogens is 233 g/mol. The van der Waals surface area contributed by atoms with Gasteiger partial charge in [-0.05, 0) is 18.9 Å². The zero-order valence-corrected chi connectivity index (χ0v) is 9.13. The number of nitrogens with two attached hydrogens (primary N) is 1. The maximum Gasteiger partial charge on any atom is 0.269 e. The topological polar surface area (TPSA) is 47.6 Å². The van der Waals surface area contributed by atoms with Crippen molar-refractivity contribution in [1.29, 1.82) is 0 Å². The number of nitrogens with zero attached hydrogens (tertiary/aromatic N) is 1. The molecule has 1 heterocycles. The average Bonchev–Trinajstić information content (AvgIpc) is 2.29. The van der Waals surface area contributed by atoms with E-state index in [1.54, 1.807) is 0 Å². The van der Waals surface area contributed by atoms with Gasteiger partial charge in [-0.2, -0.15) is 0 Å². The molecule has 2 aliphatic rings. The second-order valence-corrected chi connectivity index (χ2v) is 4.07. The van der Waals surface area contributed by atoms with Crippen molar-refractivity contribution in [3.05, 3.63) is 23.6 Å². The summed E-state index contributed by atoms with van der Waals surface area (Å²) in [5.41, 5.74) is 3.33. The fourth-order valence-corrected chi connectivity index (χ4v) is 2.03. The van der Waals surface area contributed by atoms with Crippen LogP contribution in [0.15, 0.2) is 28.5 Å². The van der Waals surface area contributed by atoms with Crippen LogP contribution in [0.2, 0.25) is 0 Å². The number of alkyl halides is 2. The lowest BCUT2D eigenvalue weighted by molar-refractivity contribution is 0.00786. The summed E-state index contributed by atoms with van der Waals surface area (Å²) >= 11 is 0. The first-order valence-electron chi connectivity index (χ1n) is 5.33. The Morgan fingerprint density at radius 3 is 2.65 bits per heavy atom.